The van der Waals surface area contributed by atoms with E-state index >= 15 is 0 Å². The number of carbonyl (C=O) groups is 1. The van der Waals surface area contributed by atoms with Gasteiger partial charge >= 0.3 is 0 Å². The second-order valence-corrected chi connectivity index (χ2v) is 9.18. The standard InChI is InChI=1S/C24H19ClN2O3S/c1-16-9-12-19(13-10-16)31(29,30)27-23-14-11-18(15-21(23)25)24(28)26-22-8-4-6-17-5-2-3-7-20(17)22/h2-15,27H,1H3,(H,26,28). The highest BCUT2D eigenvalue weighted by atomic mass is 35.5. The van der Waals surface area contributed by atoms with Gasteiger partial charge in [0, 0.05) is 16.6 Å². The number of hydrogen-bond donors (Lipinski definition) is 2. The lowest BCUT2D eigenvalue weighted by Gasteiger charge is -2.12. The third kappa shape index (κ3) is 4.55. The zero-order valence-electron chi connectivity index (χ0n) is 16.6. The van der Waals surface area contributed by atoms with Crippen molar-refractivity contribution in [3.63, 3.8) is 0 Å². The molecule has 0 aromatic heterocycles. The summed E-state index contributed by atoms with van der Waals surface area (Å²) < 4.78 is 27.7. The first-order valence-electron chi connectivity index (χ1n) is 9.52. The molecule has 4 aromatic rings. The molecule has 0 radical (unpaired) electrons. The largest absolute Gasteiger partial charge is 0.321 e. The van der Waals surface area contributed by atoms with E-state index < -0.39 is 10.0 Å². The van der Waals surface area contributed by atoms with Crippen molar-refractivity contribution in [3.05, 3.63) is 101 Å². The summed E-state index contributed by atoms with van der Waals surface area (Å²) in [6.45, 7) is 1.88. The van der Waals surface area contributed by atoms with Crippen LogP contribution in [0.25, 0.3) is 10.8 Å². The number of sulfonamides is 1. The lowest BCUT2D eigenvalue weighted by molar-refractivity contribution is 0.102. The van der Waals surface area contributed by atoms with Crippen LogP contribution in [0.1, 0.15) is 15.9 Å². The maximum atomic E-state index is 12.8. The molecule has 4 rings (SSSR count). The number of fused-ring (bicyclic) bond motifs is 1. The predicted octanol–water partition coefficient (Wildman–Crippen LogP) is 5.85. The highest BCUT2D eigenvalue weighted by Gasteiger charge is 2.17. The summed E-state index contributed by atoms with van der Waals surface area (Å²) in [4.78, 5) is 12.9. The van der Waals surface area contributed by atoms with E-state index in [9.17, 15) is 13.2 Å². The number of benzene rings is 4. The third-order valence-corrected chi connectivity index (χ3v) is 6.54. The molecule has 0 bridgehead atoms. The minimum Gasteiger partial charge on any atom is -0.321 e. The summed E-state index contributed by atoms with van der Waals surface area (Å²) in [6.07, 6.45) is 0. The van der Waals surface area contributed by atoms with Crippen LogP contribution in [0.15, 0.2) is 89.8 Å². The van der Waals surface area contributed by atoms with Gasteiger partial charge in [0.1, 0.15) is 0 Å². The van der Waals surface area contributed by atoms with E-state index in [-0.39, 0.29) is 21.5 Å². The summed E-state index contributed by atoms with van der Waals surface area (Å²) in [5.74, 6) is -0.341. The first kappa shape index (κ1) is 20.9. The fourth-order valence-electron chi connectivity index (χ4n) is 3.19. The molecule has 2 N–H and O–H groups in total. The Bertz CT molecular complexity index is 1380. The molecule has 0 spiro atoms. The fraction of sp³-hybridized carbons (Fsp3) is 0.0417. The van der Waals surface area contributed by atoms with Gasteiger partial charge in [-0.25, -0.2) is 8.42 Å². The monoisotopic (exact) mass is 450 g/mol. The number of halogens is 1. The summed E-state index contributed by atoms with van der Waals surface area (Å²) in [7, 11) is -3.79. The Balaban J connectivity index is 1.55. The van der Waals surface area contributed by atoms with Gasteiger partial charge in [0.2, 0.25) is 0 Å². The maximum absolute atomic E-state index is 12.8. The van der Waals surface area contributed by atoms with Crippen molar-refractivity contribution >= 4 is 49.7 Å². The number of anilines is 2. The first-order valence-corrected chi connectivity index (χ1v) is 11.4. The summed E-state index contributed by atoms with van der Waals surface area (Å²) in [6, 6.07) is 24.3. The van der Waals surface area contributed by atoms with Gasteiger partial charge in [-0.2, -0.15) is 0 Å². The van der Waals surface area contributed by atoms with E-state index in [1.165, 1.54) is 30.3 Å². The second-order valence-electron chi connectivity index (χ2n) is 7.09. The van der Waals surface area contributed by atoms with E-state index in [1.807, 2.05) is 49.4 Å². The Morgan fingerprint density at radius 2 is 1.55 bits per heavy atom. The lowest BCUT2D eigenvalue weighted by Crippen LogP contribution is -2.15. The molecule has 0 saturated carbocycles. The number of hydrogen-bond acceptors (Lipinski definition) is 3. The Hall–Kier alpha value is -3.35. The molecule has 0 aliphatic rings. The molecule has 4 aromatic carbocycles. The van der Waals surface area contributed by atoms with Crippen molar-refractivity contribution < 1.29 is 13.2 Å². The molecule has 0 heterocycles. The van der Waals surface area contributed by atoms with Gasteiger partial charge in [-0.3, -0.25) is 9.52 Å². The average Bonchev–Trinajstić information content (AvgIpc) is 2.75. The van der Waals surface area contributed by atoms with Gasteiger partial charge in [0.25, 0.3) is 15.9 Å². The molecule has 0 aliphatic carbocycles. The normalized spacial score (nSPS) is 11.3. The Kier molecular flexibility index (Phi) is 5.67. The number of amides is 1. The van der Waals surface area contributed by atoms with Crippen molar-refractivity contribution in [2.24, 2.45) is 0 Å². The Morgan fingerprint density at radius 1 is 0.839 bits per heavy atom. The molecule has 31 heavy (non-hydrogen) atoms. The smallest absolute Gasteiger partial charge is 0.261 e. The quantitative estimate of drug-likeness (QED) is 0.400. The zero-order chi connectivity index (χ0) is 22.0. The van der Waals surface area contributed by atoms with E-state index in [0.29, 0.717) is 11.3 Å². The van der Waals surface area contributed by atoms with Gasteiger partial charge in [0.05, 0.1) is 15.6 Å². The van der Waals surface area contributed by atoms with Gasteiger partial charge in [0.15, 0.2) is 0 Å². The van der Waals surface area contributed by atoms with Crippen molar-refractivity contribution in [2.45, 2.75) is 11.8 Å². The van der Waals surface area contributed by atoms with Crippen LogP contribution < -0.4 is 10.0 Å². The second kappa shape index (κ2) is 8.41. The molecular formula is C24H19ClN2O3S. The highest BCUT2D eigenvalue weighted by Crippen LogP contribution is 2.28. The van der Waals surface area contributed by atoms with Crippen LogP contribution in [0.2, 0.25) is 5.02 Å². The SMILES string of the molecule is Cc1ccc(S(=O)(=O)Nc2ccc(C(=O)Nc3cccc4ccccc34)cc2Cl)cc1. The molecule has 0 fully saturated rings. The number of nitrogens with one attached hydrogen (secondary N) is 2. The lowest BCUT2D eigenvalue weighted by atomic mass is 10.1. The molecule has 5 nitrogen and oxygen atoms in total. The van der Waals surface area contributed by atoms with Crippen LogP contribution in [0.3, 0.4) is 0 Å². The molecule has 156 valence electrons. The Morgan fingerprint density at radius 3 is 2.29 bits per heavy atom. The average molecular weight is 451 g/mol. The van der Waals surface area contributed by atoms with Gasteiger partial charge < -0.3 is 5.32 Å². The minimum absolute atomic E-state index is 0.126. The molecule has 1 amide bonds. The number of carbonyl (C=O) groups excluding carboxylic acids is 1. The summed E-state index contributed by atoms with van der Waals surface area (Å²) >= 11 is 6.28. The van der Waals surface area contributed by atoms with Gasteiger partial charge in [-0.05, 0) is 48.7 Å². The van der Waals surface area contributed by atoms with Crippen molar-refractivity contribution in [1.82, 2.24) is 0 Å². The van der Waals surface area contributed by atoms with Crippen LogP contribution in [-0.2, 0) is 10.0 Å². The third-order valence-electron chi connectivity index (χ3n) is 4.84. The van der Waals surface area contributed by atoms with E-state index in [1.54, 1.807) is 12.1 Å². The van der Waals surface area contributed by atoms with Crippen LogP contribution >= 0.6 is 11.6 Å². The number of rotatable bonds is 5. The fourth-order valence-corrected chi connectivity index (χ4v) is 4.55. The van der Waals surface area contributed by atoms with Crippen molar-refractivity contribution in [3.8, 4) is 0 Å². The van der Waals surface area contributed by atoms with Crippen LogP contribution in [-0.4, -0.2) is 14.3 Å². The van der Waals surface area contributed by atoms with E-state index in [4.69, 9.17) is 11.6 Å². The minimum atomic E-state index is -3.79. The molecular weight excluding hydrogens is 432 g/mol. The molecule has 0 aliphatic heterocycles. The van der Waals surface area contributed by atoms with Crippen LogP contribution in [0, 0.1) is 6.92 Å². The van der Waals surface area contributed by atoms with E-state index in [2.05, 4.69) is 10.0 Å². The first-order chi connectivity index (χ1) is 14.8. The van der Waals surface area contributed by atoms with Crippen molar-refractivity contribution in [1.29, 1.82) is 0 Å². The summed E-state index contributed by atoms with van der Waals surface area (Å²) in [5, 5.41) is 4.95. The van der Waals surface area contributed by atoms with Crippen molar-refractivity contribution in [2.75, 3.05) is 10.0 Å². The highest BCUT2D eigenvalue weighted by molar-refractivity contribution is 7.92. The van der Waals surface area contributed by atoms with Gasteiger partial charge in [-0.15, -0.1) is 0 Å². The predicted molar refractivity (Wildman–Crippen MR) is 125 cm³/mol. The van der Waals surface area contributed by atoms with Crippen LogP contribution in [0.5, 0.6) is 0 Å². The Labute approximate surface area is 185 Å². The van der Waals surface area contributed by atoms with Crippen LogP contribution in [0.4, 0.5) is 11.4 Å². The molecule has 0 atom stereocenters. The molecule has 0 saturated heterocycles. The topological polar surface area (TPSA) is 75.3 Å². The molecule has 7 heteroatoms. The summed E-state index contributed by atoms with van der Waals surface area (Å²) in [5.41, 5.74) is 2.15. The zero-order valence-corrected chi connectivity index (χ0v) is 18.2. The maximum Gasteiger partial charge on any atom is 0.261 e. The number of aryl methyl sites for hydroxylation is 1. The molecule has 0 unspecified atom stereocenters. The van der Waals surface area contributed by atoms with E-state index in [0.717, 1.165) is 16.3 Å². The van der Waals surface area contributed by atoms with Gasteiger partial charge in [-0.1, -0.05) is 65.7 Å².